The van der Waals surface area contributed by atoms with Crippen molar-refractivity contribution in [3.63, 3.8) is 0 Å². The summed E-state index contributed by atoms with van der Waals surface area (Å²) in [6.45, 7) is 7.05. The fraction of sp³-hybridized carbons (Fsp3) is 0.500. The standard InChI is InChI=1S/C10H17N/c1-4-7-8-11-9-10(5-2)6-3/h4-5,7-8H,6,9H2,1-3H3/b7-4+,10-5?,11-8?. The Bertz CT molecular complexity index is 164. The summed E-state index contributed by atoms with van der Waals surface area (Å²) in [4.78, 5) is 4.22. The second kappa shape index (κ2) is 7.26. The van der Waals surface area contributed by atoms with Gasteiger partial charge in [-0.05, 0) is 26.3 Å². The summed E-state index contributed by atoms with van der Waals surface area (Å²) in [5.41, 5.74) is 1.39. The van der Waals surface area contributed by atoms with E-state index in [-0.39, 0.29) is 0 Å². The second-order valence-corrected chi connectivity index (χ2v) is 2.32. The molecule has 0 amide bonds. The number of hydrogen-bond donors (Lipinski definition) is 0. The number of aliphatic imine (C=N–C) groups is 1. The zero-order valence-electron chi connectivity index (χ0n) is 7.67. The van der Waals surface area contributed by atoms with Gasteiger partial charge in [0, 0.05) is 6.21 Å². The highest BCUT2D eigenvalue weighted by Gasteiger charge is 1.86. The lowest BCUT2D eigenvalue weighted by atomic mass is 10.2. The van der Waals surface area contributed by atoms with Crippen LogP contribution in [-0.2, 0) is 0 Å². The van der Waals surface area contributed by atoms with E-state index in [1.54, 1.807) is 0 Å². The molecule has 0 saturated heterocycles. The zero-order chi connectivity index (χ0) is 8.53. The molecule has 0 unspecified atom stereocenters. The summed E-state index contributed by atoms with van der Waals surface area (Å²) in [7, 11) is 0. The zero-order valence-corrected chi connectivity index (χ0v) is 7.67. The molecule has 1 heteroatoms. The van der Waals surface area contributed by atoms with Crippen LogP contribution >= 0.6 is 0 Å². The molecule has 0 heterocycles. The molecule has 0 bridgehead atoms. The van der Waals surface area contributed by atoms with E-state index in [1.165, 1.54) is 5.57 Å². The topological polar surface area (TPSA) is 12.4 Å². The van der Waals surface area contributed by atoms with Crippen LogP contribution in [-0.4, -0.2) is 12.8 Å². The predicted molar refractivity (Wildman–Crippen MR) is 52.2 cm³/mol. The summed E-state index contributed by atoms with van der Waals surface area (Å²) in [6.07, 6.45) is 9.00. The molecule has 0 aromatic heterocycles. The molecule has 0 aliphatic rings. The minimum absolute atomic E-state index is 0.845. The molecular formula is C10H17N. The van der Waals surface area contributed by atoms with Crippen LogP contribution < -0.4 is 0 Å². The first-order valence-electron chi connectivity index (χ1n) is 4.10. The molecule has 0 rings (SSSR count). The third-order valence-corrected chi connectivity index (χ3v) is 1.54. The molecule has 0 aliphatic carbocycles. The smallest absolute Gasteiger partial charge is 0.0599 e. The average Bonchev–Trinajstić information content (AvgIpc) is 2.05. The van der Waals surface area contributed by atoms with Gasteiger partial charge < -0.3 is 0 Å². The molecule has 11 heavy (non-hydrogen) atoms. The number of hydrogen-bond acceptors (Lipinski definition) is 1. The van der Waals surface area contributed by atoms with Gasteiger partial charge in [0.25, 0.3) is 0 Å². The highest BCUT2D eigenvalue weighted by Crippen LogP contribution is 1.99. The fourth-order valence-corrected chi connectivity index (χ4v) is 0.724. The van der Waals surface area contributed by atoms with Crippen LogP contribution in [0.3, 0.4) is 0 Å². The lowest BCUT2D eigenvalue weighted by Crippen LogP contribution is -1.85. The van der Waals surface area contributed by atoms with Gasteiger partial charge in [0.1, 0.15) is 0 Å². The molecule has 0 aromatic carbocycles. The molecule has 0 fully saturated rings. The van der Waals surface area contributed by atoms with Gasteiger partial charge in [0.15, 0.2) is 0 Å². The maximum atomic E-state index is 4.22. The van der Waals surface area contributed by atoms with E-state index >= 15 is 0 Å². The first kappa shape index (κ1) is 10.2. The SMILES string of the molecule is CC=C(CC)CN=C/C=C/C. The number of rotatable bonds is 4. The van der Waals surface area contributed by atoms with E-state index in [2.05, 4.69) is 24.9 Å². The predicted octanol–water partition coefficient (Wildman–Crippen LogP) is 2.99. The lowest BCUT2D eigenvalue weighted by Gasteiger charge is -1.95. The Morgan fingerprint density at radius 3 is 2.55 bits per heavy atom. The van der Waals surface area contributed by atoms with Crippen molar-refractivity contribution in [1.82, 2.24) is 0 Å². The first-order chi connectivity index (χ1) is 5.35. The van der Waals surface area contributed by atoms with Gasteiger partial charge in [-0.2, -0.15) is 0 Å². The molecule has 0 aromatic rings. The molecule has 0 radical (unpaired) electrons. The summed E-state index contributed by atoms with van der Waals surface area (Å²) in [5.74, 6) is 0. The van der Waals surface area contributed by atoms with Crippen LogP contribution in [0.4, 0.5) is 0 Å². The Balaban J connectivity index is 3.68. The van der Waals surface area contributed by atoms with Gasteiger partial charge in [-0.3, -0.25) is 4.99 Å². The summed E-state index contributed by atoms with van der Waals surface area (Å²) < 4.78 is 0. The minimum Gasteiger partial charge on any atom is -0.289 e. The van der Waals surface area contributed by atoms with Crippen LogP contribution in [0.15, 0.2) is 28.8 Å². The van der Waals surface area contributed by atoms with Gasteiger partial charge in [-0.1, -0.05) is 24.6 Å². The Kier molecular flexibility index (Phi) is 6.70. The molecule has 0 saturated carbocycles. The molecular weight excluding hydrogens is 134 g/mol. The van der Waals surface area contributed by atoms with Crippen LogP contribution in [0.25, 0.3) is 0 Å². The Hall–Kier alpha value is -0.850. The Morgan fingerprint density at radius 1 is 1.36 bits per heavy atom. The quantitative estimate of drug-likeness (QED) is 0.432. The van der Waals surface area contributed by atoms with Gasteiger partial charge >= 0.3 is 0 Å². The van der Waals surface area contributed by atoms with Gasteiger partial charge in [-0.25, -0.2) is 0 Å². The molecule has 0 spiro atoms. The highest BCUT2D eigenvalue weighted by atomic mass is 14.7. The third-order valence-electron chi connectivity index (χ3n) is 1.54. The largest absolute Gasteiger partial charge is 0.289 e. The maximum Gasteiger partial charge on any atom is 0.0599 e. The van der Waals surface area contributed by atoms with Gasteiger partial charge in [0.2, 0.25) is 0 Å². The molecule has 0 atom stereocenters. The third kappa shape index (κ3) is 5.59. The van der Waals surface area contributed by atoms with Crippen molar-refractivity contribution in [3.05, 3.63) is 23.8 Å². The summed E-state index contributed by atoms with van der Waals surface area (Å²) >= 11 is 0. The van der Waals surface area contributed by atoms with Crippen LogP contribution in [0, 0.1) is 0 Å². The van der Waals surface area contributed by atoms with Crippen molar-refractivity contribution in [1.29, 1.82) is 0 Å². The average molecular weight is 151 g/mol. The molecule has 62 valence electrons. The van der Waals surface area contributed by atoms with Gasteiger partial charge in [-0.15, -0.1) is 0 Å². The van der Waals surface area contributed by atoms with Crippen molar-refractivity contribution in [2.75, 3.05) is 6.54 Å². The maximum absolute atomic E-state index is 4.22. The van der Waals surface area contributed by atoms with E-state index in [1.807, 2.05) is 25.3 Å². The monoisotopic (exact) mass is 151 g/mol. The Morgan fingerprint density at radius 2 is 2.09 bits per heavy atom. The molecule has 0 N–H and O–H groups in total. The van der Waals surface area contributed by atoms with Crippen molar-refractivity contribution in [3.8, 4) is 0 Å². The lowest BCUT2D eigenvalue weighted by molar-refractivity contribution is 1.01. The number of allylic oxidation sites excluding steroid dienone is 3. The van der Waals surface area contributed by atoms with Crippen LogP contribution in [0.1, 0.15) is 27.2 Å². The molecule has 0 aliphatic heterocycles. The van der Waals surface area contributed by atoms with Crippen LogP contribution in [0.5, 0.6) is 0 Å². The summed E-state index contributed by atoms with van der Waals surface area (Å²) in [6, 6.07) is 0. The van der Waals surface area contributed by atoms with Crippen molar-refractivity contribution in [2.24, 2.45) is 4.99 Å². The fourth-order valence-electron chi connectivity index (χ4n) is 0.724. The minimum atomic E-state index is 0.845. The van der Waals surface area contributed by atoms with E-state index < -0.39 is 0 Å². The Labute approximate surface area is 69.5 Å². The second-order valence-electron chi connectivity index (χ2n) is 2.32. The molecule has 1 nitrogen and oxygen atoms in total. The van der Waals surface area contributed by atoms with Crippen molar-refractivity contribution in [2.45, 2.75) is 27.2 Å². The highest BCUT2D eigenvalue weighted by molar-refractivity contribution is 5.70. The van der Waals surface area contributed by atoms with E-state index in [0.29, 0.717) is 0 Å². The van der Waals surface area contributed by atoms with Crippen molar-refractivity contribution < 1.29 is 0 Å². The van der Waals surface area contributed by atoms with Crippen molar-refractivity contribution >= 4 is 6.21 Å². The number of nitrogens with zero attached hydrogens (tertiary/aromatic N) is 1. The summed E-state index contributed by atoms with van der Waals surface area (Å²) in [5, 5.41) is 0. The normalized spacial score (nSPS) is 13.5. The van der Waals surface area contributed by atoms with E-state index in [0.717, 1.165) is 13.0 Å². The van der Waals surface area contributed by atoms with E-state index in [9.17, 15) is 0 Å². The van der Waals surface area contributed by atoms with E-state index in [4.69, 9.17) is 0 Å². The first-order valence-corrected chi connectivity index (χ1v) is 4.10. The van der Waals surface area contributed by atoms with Crippen LogP contribution in [0.2, 0.25) is 0 Å². The van der Waals surface area contributed by atoms with Gasteiger partial charge in [0.05, 0.1) is 6.54 Å².